The van der Waals surface area contributed by atoms with Gasteiger partial charge in [0.2, 0.25) is 0 Å². The van der Waals surface area contributed by atoms with Crippen LogP contribution in [0.5, 0.6) is 0 Å². The van der Waals surface area contributed by atoms with E-state index in [2.05, 4.69) is 15.7 Å². The molecule has 0 aliphatic carbocycles. The molecule has 0 spiro atoms. The number of carbonyl (C=O) groups is 1. The largest absolute Gasteiger partial charge is 0.444 e. The number of nitrogens with zero attached hydrogens (tertiary/aromatic N) is 2. The van der Waals surface area contributed by atoms with Crippen LogP contribution in [0.15, 0.2) is 10.9 Å². The van der Waals surface area contributed by atoms with E-state index in [0.717, 1.165) is 31.7 Å². The van der Waals surface area contributed by atoms with Crippen LogP contribution in [0, 0.1) is 0 Å². The fraction of sp³-hybridized carbons (Fsp3) is 0.692. The summed E-state index contributed by atoms with van der Waals surface area (Å²) in [6.45, 7) is 8.01. The summed E-state index contributed by atoms with van der Waals surface area (Å²) in [4.78, 5) is 17.7. The second-order valence-electron chi connectivity index (χ2n) is 5.77. The maximum atomic E-state index is 11.7. The average molecular weight is 283 g/mol. The summed E-state index contributed by atoms with van der Waals surface area (Å²) in [6.07, 6.45) is 0.719. The Bertz CT molecular complexity index is 408. The molecule has 1 aromatic heterocycles. The zero-order chi connectivity index (χ0) is 13.9. The highest BCUT2D eigenvalue weighted by Crippen LogP contribution is 2.15. The van der Waals surface area contributed by atoms with E-state index in [-0.39, 0.29) is 6.09 Å². The number of rotatable bonds is 4. The van der Waals surface area contributed by atoms with Gasteiger partial charge in [-0.05, 0) is 20.8 Å². The van der Waals surface area contributed by atoms with Crippen LogP contribution in [0.4, 0.5) is 4.79 Å². The third kappa shape index (κ3) is 4.47. The van der Waals surface area contributed by atoms with Gasteiger partial charge in [0.25, 0.3) is 0 Å². The minimum Gasteiger partial charge on any atom is -0.444 e. The first-order chi connectivity index (χ1) is 8.94. The highest BCUT2D eigenvalue weighted by molar-refractivity contribution is 7.07. The van der Waals surface area contributed by atoms with Gasteiger partial charge >= 0.3 is 6.09 Å². The Kier molecular flexibility index (Phi) is 4.42. The molecule has 5 nitrogen and oxygen atoms in total. The summed E-state index contributed by atoms with van der Waals surface area (Å²) in [5.41, 5.74) is 2.56. The number of hydrogen-bond acceptors (Lipinski definition) is 5. The van der Waals surface area contributed by atoms with E-state index < -0.39 is 5.60 Å². The Morgan fingerprint density at radius 2 is 2.32 bits per heavy atom. The van der Waals surface area contributed by atoms with Gasteiger partial charge in [0, 0.05) is 37.5 Å². The van der Waals surface area contributed by atoms with Crippen molar-refractivity contribution in [3.63, 3.8) is 0 Å². The molecule has 2 heterocycles. The summed E-state index contributed by atoms with van der Waals surface area (Å²) >= 11 is 1.62. The Morgan fingerprint density at radius 3 is 2.89 bits per heavy atom. The van der Waals surface area contributed by atoms with Gasteiger partial charge < -0.3 is 15.0 Å². The van der Waals surface area contributed by atoms with Gasteiger partial charge in [-0.2, -0.15) is 0 Å². The fourth-order valence-corrected chi connectivity index (χ4v) is 2.44. The summed E-state index contributed by atoms with van der Waals surface area (Å²) in [5.74, 6) is 0. The summed E-state index contributed by atoms with van der Waals surface area (Å²) in [7, 11) is 0. The van der Waals surface area contributed by atoms with Crippen molar-refractivity contribution in [1.82, 2.24) is 15.2 Å². The van der Waals surface area contributed by atoms with Crippen molar-refractivity contribution in [3.05, 3.63) is 16.6 Å². The van der Waals surface area contributed by atoms with Crippen LogP contribution in [0.2, 0.25) is 0 Å². The molecule has 1 N–H and O–H groups in total. The smallest absolute Gasteiger partial charge is 0.410 e. The first-order valence-electron chi connectivity index (χ1n) is 6.52. The molecule has 1 amide bonds. The zero-order valence-electron chi connectivity index (χ0n) is 11.7. The highest BCUT2D eigenvalue weighted by Gasteiger charge is 2.33. The molecule has 1 aromatic rings. The minimum atomic E-state index is -0.416. The summed E-state index contributed by atoms with van der Waals surface area (Å²) in [5, 5.41) is 5.49. The van der Waals surface area contributed by atoms with Gasteiger partial charge in [-0.25, -0.2) is 9.78 Å². The third-order valence-electron chi connectivity index (χ3n) is 2.83. The lowest BCUT2D eigenvalue weighted by Gasteiger charge is -2.40. The van der Waals surface area contributed by atoms with Crippen molar-refractivity contribution in [2.45, 2.75) is 38.8 Å². The van der Waals surface area contributed by atoms with Crippen molar-refractivity contribution in [1.29, 1.82) is 0 Å². The SMILES string of the molecule is CC(C)(C)OC(=O)N1CC(NCCc2cscn2)C1. The number of carbonyl (C=O) groups excluding carboxylic acids is 1. The van der Waals surface area contributed by atoms with E-state index in [1.165, 1.54) is 0 Å². The number of ether oxygens (including phenoxy) is 1. The van der Waals surface area contributed by atoms with Crippen molar-refractivity contribution in [2.75, 3.05) is 19.6 Å². The molecule has 0 radical (unpaired) electrons. The molecule has 0 atom stereocenters. The van der Waals surface area contributed by atoms with Crippen LogP contribution < -0.4 is 5.32 Å². The molecule has 1 aliphatic heterocycles. The number of amides is 1. The van der Waals surface area contributed by atoms with Crippen molar-refractivity contribution < 1.29 is 9.53 Å². The molecule has 19 heavy (non-hydrogen) atoms. The summed E-state index contributed by atoms with van der Waals surface area (Å²) in [6, 6.07) is 0.381. The van der Waals surface area contributed by atoms with Gasteiger partial charge in [-0.1, -0.05) is 0 Å². The zero-order valence-corrected chi connectivity index (χ0v) is 12.5. The second-order valence-corrected chi connectivity index (χ2v) is 6.48. The molecule has 106 valence electrons. The molecule has 1 saturated heterocycles. The van der Waals surface area contributed by atoms with Crippen LogP contribution in [0.25, 0.3) is 0 Å². The molecule has 1 aliphatic rings. The second kappa shape index (κ2) is 5.88. The molecular formula is C13H21N3O2S. The molecule has 0 saturated carbocycles. The predicted octanol–water partition coefficient (Wildman–Crippen LogP) is 1.89. The van der Waals surface area contributed by atoms with E-state index in [1.54, 1.807) is 16.2 Å². The molecule has 2 rings (SSSR count). The van der Waals surface area contributed by atoms with Crippen molar-refractivity contribution in [2.24, 2.45) is 0 Å². The Morgan fingerprint density at radius 1 is 1.58 bits per heavy atom. The quantitative estimate of drug-likeness (QED) is 0.917. The molecular weight excluding hydrogens is 262 g/mol. The Labute approximate surface area is 118 Å². The maximum Gasteiger partial charge on any atom is 0.410 e. The predicted molar refractivity (Wildman–Crippen MR) is 75.4 cm³/mol. The van der Waals surface area contributed by atoms with E-state index in [9.17, 15) is 4.79 Å². The van der Waals surface area contributed by atoms with Crippen LogP contribution in [-0.2, 0) is 11.2 Å². The number of likely N-dealkylation sites (tertiary alicyclic amines) is 1. The number of nitrogens with one attached hydrogen (secondary N) is 1. The van der Waals surface area contributed by atoms with Gasteiger partial charge in [-0.15, -0.1) is 11.3 Å². The number of hydrogen-bond donors (Lipinski definition) is 1. The Balaban J connectivity index is 1.60. The Hall–Kier alpha value is -1.14. The van der Waals surface area contributed by atoms with Gasteiger partial charge in [0.15, 0.2) is 0 Å². The molecule has 0 aromatic carbocycles. The van der Waals surface area contributed by atoms with Crippen molar-refractivity contribution >= 4 is 17.4 Å². The standard InChI is InChI=1S/C13H21N3O2S/c1-13(2,3)18-12(17)16-6-11(7-16)14-5-4-10-8-19-9-15-10/h8-9,11,14H,4-7H2,1-3H3. The van der Waals surface area contributed by atoms with Gasteiger partial charge in [0.05, 0.1) is 11.2 Å². The number of thiazole rings is 1. The number of aromatic nitrogens is 1. The minimum absolute atomic E-state index is 0.218. The van der Waals surface area contributed by atoms with E-state index in [4.69, 9.17) is 4.74 Å². The third-order valence-corrected chi connectivity index (χ3v) is 3.47. The van der Waals surface area contributed by atoms with Crippen LogP contribution >= 0.6 is 11.3 Å². The first-order valence-corrected chi connectivity index (χ1v) is 7.47. The monoisotopic (exact) mass is 283 g/mol. The molecule has 0 unspecified atom stereocenters. The van der Waals surface area contributed by atoms with Crippen LogP contribution in [0.3, 0.4) is 0 Å². The highest BCUT2D eigenvalue weighted by atomic mass is 32.1. The summed E-state index contributed by atoms with van der Waals surface area (Å²) < 4.78 is 5.30. The lowest BCUT2D eigenvalue weighted by atomic mass is 10.1. The lowest BCUT2D eigenvalue weighted by Crippen LogP contribution is -2.60. The van der Waals surface area contributed by atoms with Crippen LogP contribution in [0.1, 0.15) is 26.5 Å². The lowest BCUT2D eigenvalue weighted by molar-refractivity contribution is 0.00541. The molecule has 6 heteroatoms. The van der Waals surface area contributed by atoms with Crippen molar-refractivity contribution in [3.8, 4) is 0 Å². The van der Waals surface area contributed by atoms with Crippen LogP contribution in [-0.4, -0.2) is 47.3 Å². The van der Waals surface area contributed by atoms with E-state index >= 15 is 0 Å². The molecule has 0 bridgehead atoms. The molecule has 1 fully saturated rings. The van der Waals surface area contributed by atoms with E-state index in [0.29, 0.717) is 6.04 Å². The maximum absolute atomic E-state index is 11.7. The normalized spacial score (nSPS) is 16.3. The fourth-order valence-electron chi connectivity index (χ4n) is 1.85. The average Bonchev–Trinajstić information content (AvgIpc) is 2.71. The topological polar surface area (TPSA) is 54.5 Å². The van der Waals surface area contributed by atoms with Gasteiger partial charge in [-0.3, -0.25) is 0 Å². The van der Waals surface area contributed by atoms with E-state index in [1.807, 2.05) is 26.3 Å². The van der Waals surface area contributed by atoms with Gasteiger partial charge in [0.1, 0.15) is 5.60 Å². The first kappa shape index (κ1) is 14.3.